The molecule has 2 aliphatic heterocycles. The Kier molecular flexibility index (Phi) is 6.27. The number of anilines is 1. The molecule has 11 heteroatoms. The van der Waals surface area contributed by atoms with Gasteiger partial charge in [0.05, 0.1) is 11.6 Å². The molecule has 2 aromatic rings. The van der Waals surface area contributed by atoms with E-state index in [2.05, 4.69) is 31.7 Å². The quantitative estimate of drug-likeness (QED) is 0.699. The molecular weight excluding hydrogens is 424 g/mol. The van der Waals surface area contributed by atoms with Crippen molar-refractivity contribution in [3.8, 4) is 11.8 Å². The van der Waals surface area contributed by atoms with Crippen molar-refractivity contribution in [2.24, 2.45) is 0 Å². The lowest BCUT2D eigenvalue weighted by Crippen LogP contribution is -2.49. The molecule has 10 nitrogen and oxygen atoms in total. The minimum atomic E-state index is -1.08. The summed E-state index contributed by atoms with van der Waals surface area (Å²) in [6.45, 7) is 2.50. The maximum Gasteiger partial charge on any atom is 0.412 e. The zero-order valence-electron chi connectivity index (χ0n) is 16.4. The van der Waals surface area contributed by atoms with Crippen LogP contribution in [-0.2, 0) is 4.74 Å². The van der Waals surface area contributed by atoms with Crippen molar-refractivity contribution >= 4 is 29.4 Å². The zero-order valence-corrected chi connectivity index (χ0v) is 17.2. The number of hydrogen-bond donors (Lipinski definition) is 1. The molecule has 1 atom stereocenters. The van der Waals surface area contributed by atoms with Crippen LogP contribution < -0.4 is 4.90 Å². The summed E-state index contributed by atoms with van der Waals surface area (Å²) in [6, 6.07) is 3.16. The van der Waals surface area contributed by atoms with Crippen molar-refractivity contribution in [3.05, 3.63) is 47.1 Å². The third-order valence-corrected chi connectivity index (χ3v) is 5.15. The first-order valence-electron chi connectivity index (χ1n) is 9.59. The van der Waals surface area contributed by atoms with Gasteiger partial charge in [-0.3, -0.25) is 14.7 Å². The maximum absolute atomic E-state index is 12.9. The molecule has 160 valence electrons. The van der Waals surface area contributed by atoms with Crippen LogP contribution in [0.5, 0.6) is 0 Å². The van der Waals surface area contributed by atoms with Crippen LogP contribution in [0, 0.1) is 11.8 Å². The van der Waals surface area contributed by atoms with Crippen LogP contribution in [0.1, 0.15) is 22.4 Å². The van der Waals surface area contributed by atoms with Gasteiger partial charge in [-0.2, -0.15) is 0 Å². The van der Waals surface area contributed by atoms with E-state index in [0.717, 1.165) is 0 Å². The summed E-state index contributed by atoms with van der Waals surface area (Å²) in [5.41, 5.74) is 0.375. The van der Waals surface area contributed by atoms with Gasteiger partial charge in [0.2, 0.25) is 6.23 Å². The lowest BCUT2D eigenvalue weighted by atomic mass is 10.3. The molecule has 0 bridgehead atoms. The van der Waals surface area contributed by atoms with Crippen molar-refractivity contribution in [2.75, 3.05) is 44.2 Å². The second-order valence-electron chi connectivity index (χ2n) is 6.81. The van der Waals surface area contributed by atoms with Crippen LogP contribution in [0.15, 0.2) is 30.7 Å². The average Bonchev–Trinajstić information content (AvgIpc) is 3.07. The number of carbonyl (C=O) groups is 2. The van der Waals surface area contributed by atoms with E-state index in [1.54, 1.807) is 17.0 Å². The minimum Gasteiger partial charge on any atom is -0.419 e. The monoisotopic (exact) mass is 442 g/mol. The van der Waals surface area contributed by atoms with Crippen LogP contribution >= 0.6 is 11.6 Å². The summed E-state index contributed by atoms with van der Waals surface area (Å²) in [5, 5.41) is 9.16. The van der Waals surface area contributed by atoms with Gasteiger partial charge < -0.3 is 14.7 Å². The molecular formula is C20H19ClN6O4. The summed E-state index contributed by atoms with van der Waals surface area (Å²) in [4.78, 5) is 43.2. The summed E-state index contributed by atoms with van der Waals surface area (Å²) >= 11 is 5.91. The number of nitrogens with zero attached hydrogens (tertiary/aromatic N) is 6. The molecule has 0 aromatic carbocycles. The van der Waals surface area contributed by atoms with Gasteiger partial charge in [0.15, 0.2) is 5.69 Å². The first-order valence-corrected chi connectivity index (χ1v) is 9.97. The van der Waals surface area contributed by atoms with Gasteiger partial charge in [-0.1, -0.05) is 23.4 Å². The largest absolute Gasteiger partial charge is 0.419 e. The standard InChI is InChI=1S/C20H19ClN6O4/c21-14-3-4-15(24-13-14)27-18(29)16-17(23-6-5-22-16)19(27)31-20(30)26-10-8-25(9-11-26)7-1-2-12-28/h3-6,13,19,28H,7-12H2/t19-/m0/s1. The van der Waals surface area contributed by atoms with E-state index >= 15 is 0 Å². The van der Waals surface area contributed by atoms with Gasteiger partial charge in [-0.25, -0.2) is 19.7 Å². The number of aromatic nitrogens is 3. The van der Waals surface area contributed by atoms with Gasteiger partial charge in [-0.05, 0) is 12.1 Å². The highest BCUT2D eigenvalue weighted by atomic mass is 35.5. The van der Waals surface area contributed by atoms with Gasteiger partial charge in [0.25, 0.3) is 5.91 Å². The predicted molar refractivity (Wildman–Crippen MR) is 110 cm³/mol. The summed E-state index contributed by atoms with van der Waals surface area (Å²) in [5.74, 6) is 5.30. The fraction of sp³-hybridized carbons (Fsp3) is 0.350. The van der Waals surface area contributed by atoms with Crippen LogP contribution in [0.25, 0.3) is 0 Å². The topological polar surface area (TPSA) is 112 Å². The lowest BCUT2D eigenvalue weighted by molar-refractivity contribution is 0.0463. The molecule has 31 heavy (non-hydrogen) atoms. The normalized spacial score (nSPS) is 18.4. The molecule has 2 amide bonds. The molecule has 4 heterocycles. The van der Waals surface area contributed by atoms with Gasteiger partial charge in [0, 0.05) is 44.8 Å². The Labute approximate surface area is 183 Å². The molecule has 0 saturated carbocycles. The van der Waals surface area contributed by atoms with Crippen molar-refractivity contribution in [1.29, 1.82) is 0 Å². The SMILES string of the molecule is O=C(O[C@H]1c2nccnc2C(=O)N1c1ccc(Cl)cn1)N1CCN(CC#CCO)CC1. The third-order valence-electron chi connectivity index (χ3n) is 4.92. The van der Waals surface area contributed by atoms with Crippen molar-refractivity contribution < 1.29 is 19.4 Å². The second-order valence-corrected chi connectivity index (χ2v) is 7.25. The number of halogens is 1. The molecule has 1 saturated heterocycles. The fourth-order valence-corrected chi connectivity index (χ4v) is 3.47. The highest BCUT2D eigenvalue weighted by molar-refractivity contribution is 6.30. The van der Waals surface area contributed by atoms with Gasteiger partial charge in [-0.15, -0.1) is 0 Å². The molecule has 2 aromatic heterocycles. The number of aliphatic hydroxyl groups is 1. The molecule has 4 rings (SSSR count). The van der Waals surface area contributed by atoms with Crippen molar-refractivity contribution in [2.45, 2.75) is 6.23 Å². The Morgan fingerprint density at radius 2 is 1.94 bits per heavy atom. The Balaban J connectivity index is 1.49. The number of amides is 2. The molecule has 1 fully saturated rings. The molecule has 0 aliphatic carbocycles. The van der Waals surface area contributed by atoms with Crippen LogP contribution in [0.4, 0.5) is 10.6 Å². The van der Waals surface area contributed by atoms with E-state index < -0.39 is 18.2 Å². The van der Waals surface area contributed by atoms with E-state index in [9.17, 15) is 9.59 Å². The molecule has 0 radical (unpaired) electrons. The number of ether oxygens (including phenoxy) is 1. The highest BCUT2D eigenvalue weighted by Gasteiger charge is 2.44. The van der Waals surface area contributed by atoms with Crippen molar-refractivity contribution in [1.82, 2.24) is 24.8 Å². The summed E-state index contributed by atoms with van der Waals surface area (Å²) in [7, 11) is 0. The molecule has 0 unspecified atom stereocenters. The Bertz CT molecular complexity index is 1030. The number of rotatable bonds is 3. The second kappa shape index (κ2) is 9.26. The Hall–Kier alpha value is -3.26. The Morgan fingerprint density at radius 3 is 2.65 bits per heavy atom. The van der Waals surface area contributed by atoms with Crippen LogP contribution in [-0.4, -0.2) is 81.2 Å². The fourth-order valence-electron chi connectivity index (χ4n) is 3.36. The number of fused-ring (bicyclic) bond motifs is 1. The maximum atomic E-state index is 12.9. The van der Waals surface area contributed by atoms with Gasteiger partial charge >= 0.3 is 6.09 Å². The van der Waals surface area contributed by atoms with Crippen LogP contribution in [0.2, 0.25) is 5.02 Å². The number of aliphatic hydroxyl groups excluding tert-OH is 1. The van der Waals surface area contributed by atoms with Crippen molar-refractivity contribution in [3.63, 3.8) is 0 Å². The van der Waals surface area contributed by atoms with E-state index in [1.165, 1.54) is 23.5 Å². The number of hydrogen-bond acceptors (Lipinski definition) is 8. The number of piperazine rings is 1. The zero-order chi connectivity index (χ0) is 21.8. The molecule has 2 aliphatic rings. The first-order chi connectivity index (χ1) is 15.1. The van der Waals surface area contributed by atoms with Crippen LogP contribution in [0.3, 0.4) is 0 Å². The first kappa shape index (κ1) is 21.0. The number of pyridine rings is 1. The molecule has 1 N–H and O–H groups in total. The van der Waals surface area contributed by atoms with E-state index in [4.69, 9.17) is 21.4 Å². The van der Waals surface area contributed by atoms with Gasteiger partial charge in [0.1, 0.15) is 18.1 Å². The van der Waals surface area contributed by atoms with E-state index in [0.29, 0.717) is 37.7 Å². The smallest absolute Gasteiger partial charge is 0.412 e. The average molecular weight is 443 g/mol. The lowest BCUT2D eigenvalue weighted by Gasteiger charge is -2.34. The highest BCUT2D eigenvalue weighted by Crippen LogP contribution is 2.35. The van der Waals surface area contributed by atoms with E-state index in [-0.39, 0.29) is 23.8 Å². The predicted octanol–water partition coefficient (Wildman–Crippen LogP) is 0.934. The summed E-state index contributed by atoms with van der Waals surface area (Å²) in [6.07, 6.45) is 2.62. The molecule has 0 spiro atoms. The third kappa shape index (κ3) is 4.44. The Morgan fingerprint density at radius 1 is 1.16 bits per heavy atom. The summed E-state index contributed by atoms with van der Waals surface area (Å²) < 4.78 is 5.72. The number of carbonyl (C=O) groups excluding carboxylic acids is 2. The minimum absolute atomic E-state index is 0.115. The van der Waals surface area contributed by atoms with E-state index in [1.807, 2.05) is 0 Å².